The zero-order valence-electron chi connectivity index (χ0n) is 12.7. The van der Waals surface area contributed by atoms with Crippen molar-refractivity contribution in [3.05, 3.63) is 34.9 Å². The molecular weight excluding hydrogens is 272 g/mol. The summed E-state index contributed by atoms with van der Waals surface area (Å²) in [5.41, 5.74) is 6.87. The van der Waals surface area contributed by atoms with E-state index in [2.05, 4.69) is 26.1 Å². The highest BCUT2D eigenvalue weighted by Gasteiger charge is 2.22. The lowest BCUT2D eigenvalue weighted by atomic mass is 9.85. The Labute approximate surface area is 126 Å². The van der Waals surface area contributed by atoms with Crippen LogP contribution < -0.4 is 11.1 Å². The van der Waals surface area contributed by atoms with E-state index in [1.807, 2.05) is 31.2 Å². The van der Waals surface area contributed by atoms with Crippen LogP contribution in [0.5, 0.6) is 0 Å². The van der Waals surface area contributed by atoms with E-state index >= 15 is 0 Å². The van der Waals surface area contributed by atoms with Gasteiger partial charge in [-0.2, -0.15) is 0 Å². The van der Waals surface area contributed by atoms with Crippen molar-refractivity contribution in [2.75, 3.05) is 0 Å². The van der Waals surface area contributed by atoms with Crippen LogP contribution in [0.1, 0.15) is 52.1 Å². The maximum absolute atomic E-state index is 12.0. The quantitative estimate of drug-likeness (QED) is 0.871. The van der Waals surface area contributed by atoms with Gasteiger partial charge in [0.15, 0.2) is 0 Å². The summed E-state index contributed by atoms with van der Waals surface area (Å²) in [6, 6.07) is 7.48. The van der Waals surface area contributed by atoms with Crippen molar-refractivity contribution in [2.45, 2.75) is 52.6 Å². The van der Waals surface area contributed by atoms with Gasteiger partial charge < -0.3 is 11.1 Å². The van der Waals surface area contributed by atoms with Gasteiger partial charge in [-0.15, -0.1) is 0 Å². The van der Waals surface area contributed by atoms with Crippen LogP contribution in [0, 0.1) is 5.41 Å². The van der Waals surface area contributed by atoms with E-state index in [9.17, 15) is 4.79 Å². The monoisotopic (exact) mass is 296 g/mol. The molecule has 1 rings (SSSR count). The molecule has 0 spiro atoms. The molecule has 0 aliphatic heterocycles. The molecule has 0 heterocycles. The molecule has 112 valence electrons. The molecule has 3 N–H and O–H groups in total. The summed E-state index contributed by atoms with van der Waals surface area (Å²) in [5.74, 6) is -0.0100. The highest BCUT2D eigenvalue weighted by atomic mass is 35.5. The van der Waals surface area contributed by atoms with Gasteiger partial charge in [0.05, 0.1) is 6.04 Å². The fourth-order valence-electron chi connectivity index (χ4n) is 2.11. The Bertz CT molecular complexity index is 435. The Kier molecular flexibility index (Phi) is 6.03. The average molecular weight is 297 g/mol. The predicted octanol–water partition coefficient (Wildman–Crippen LogP) is 3.67. The lowest BCUT2D eigenvalue weighted by molar-refractivity contribution is -0.122. The third-order valence-electron chi connectivity index (χ3n) is 2.93. The molecule has 0 saturated heterocycles. The smallest absolute Gasteiger partial charge is 0.222 e. The Morgan fingerprint density at radius 1 is 1.30 bits per heavy atom. The molecule has 20 heavy (non-hydrogen) atoms. The molecule has 0 bridgehead atoms. The summed E-state index contributed by atoms with van der Waals surface area (Å²) in [6.07, 6.45) is 1.20. The van der Waals surface area contributed by atoms with Gasteiger partial charge in [-0.05, 0) is 36.5 Å². The topological polar surface area (TPSA) is 55.1 Å². The van der Waals surface area contributed by atoms with Crippen molar-refractivity contribution in [3.63, 3.8) is 0 Å². The van der Waals surface area contributed by atoms with Crippen molar-refractivity contribution in [1.82, 2.24) is 5.32 Å². The predicted molar refractivity (Wildman–Crippen MR) is 84.7 cm³/mol. The molecule has 0 aliphatic rings. The van der Waals surface area contributed by atoms with Crippen molar-refractivity contribution in [1.29, 1.82) is 0 Å². The number of rotatable bonds is 5. The lowest BCUT2D eigenvalue weighted by Gasteiger charge is -2.27. The van der Waals surface area contributed by atoms with Crippen LogP contribution in [-0.2, 0) is 4.79 Å². The standard InChI is InChI=1S/C16H25ClN2O/c1-11(18)9-15(20)19-14(10-16(2,3)4)12-5-7-13(17)8-6-12/h5-8,11,14H,9-10,18H2,1-4H3,(H,19,20). The molecular formula is C16H25ClN2O. The minimum absolute atomic E-state index is 0.0100. The Morgan fingerprint density at radius 3 is 2.30 bits per heavy atom. The SMILES string of the molecule is CC(N)CC(=O)NC(CC(C)(C)C)c1ccc(Cl)cc1. The molecule has 1 aromatic carbocycles. The summed E-state index contributed by atoms with van der Waals surface area (Å²) in [5, 5.41) is 3.78. The number of halogens is 1. The second-order valence-corrected chi connectivity index (χ2v) is 7.05. The number of hydrogen-bond donors (Lipinski definition) is 2. The minimum Gasteiger partial charge on any atom is -0.349 e. The minimum atomic E-state index is -0.129. The molecule has 1 amide bonds. The Hall–Kier alpha value is -1.06. The maximum atomic E-state index is 12.0. The van der Waals surface area contributed by atoms with E-state index in [0.29, 0.717) is 11.4 Å². The number of benzene rings is 1. The maximum Gasteiger partial charge on any atom is 0.222 e. The number of hydrogen-bond acceptors (Lipinski definition) is 2. The first-order valence-corrected chi connectivity index (χ1v) is 7.35. The summed E-state index contributed by atoms with van der Waals surface area (Å²) in [7, 11) is 0. The first kappa shape index (κ1) is 17.0. The number of amides is 1. The van der Waals surface area contributed by atoms with E-state index in [1.165, 1.54) is 0 Å². The van der Waals surface area contributed by atoms with Crippen LogP contribution in [0.25, 0.3) is 0 Å². The van der Waals surface area contributed by atoms with Crippen LogP contribution in [0.2, 0.25) is 5.02 Å². The van der Waals surface area contributed by atoms with Crippen LogP contribution in [0.4, 0.5) is 0 Å². The van der Waals surface area contributed by atoms with Crippen molar-refractivity contribution in [2.24, 2.45) is 11.1 Å². The third-order valence-corrected chi connectivity index (χ3v) is 3.18. The molecule has 0 aromatic heterocycles. The third kappa shape index (κ3) is 6.40. The van der Waals surface area contributed by atoms with Crippen molar-refractivity contribution >= 4 is 17.5 Å². The first-order chi connectivity index (χ1) is 9.17. The molecule has 1 aromatic rings. The zero-order chi connectivity index (χ0) is 15.3. The second-order valence-electron chi connectivity index (χ2n) is 6.62. The van der Waals surface area contributed by atoms with E-state index in [0.717, 1.165) is 12.0 Å². The van der Waals surface area contributed by atoms with E-state index in [4.69, 9.17) is 17.3 Å². The van der Waals surface area contributed by atoms with Crippen molar-refractivity contribution in [3.8, 4) is 0 Å². The Morgan fingerprint density at radius 2 is 1.85 bits per heavy atom. The fraction of sp³-hybridized carbons (Fsp3) is 0.562. The number of nitrogens with two attached hydrogens (primary N) is 1. The van der Waals surface area contributed by atoms with Crippen LogP contribution in [-0.4, -0.2) is 11.9 Å². The molecule has 3 nitrogen and oxygen atoms in total. The van der Waals surface area contributed by atoms with E-state index < -0.39 is 0 Å². The highest BCUT2D eigenvalue weighted by molar-refractivity contribution is 6.30. The fourth-order valence-corrected chi connectivity index (χ4v) is 2.23. The largest absolute Gasteiger partial charge is 0.349 e. The van der Waals surface area contributed by atoms with Gasteiger partial charge in [0.2, 0.25) is 5.91 Å². The molecule has 0 aliphatic carbocycles. The molecule has 0 fully saturated rings. The summed E-state index contributed by atoms with van der Waals surface area (Å²) in [6.45, 7) is 8.32. The van der Waals surface area contributed by atoms with Gasteiger partial charge in [-0.3, -0.25) is 4.79 Å². The molecule has 2 atom stereocenters. The first-order valence-electron chi connectivity index (χ1n) is 6.98. The van der Waals surface area contributed by atoms with Gasteiger partial charge >= 0.3 is 0 Å². The molecule has 4 heteroatoms. The highest BCUT2D eigenvalue weighted by Crippen LogP contribution is 2.30. The van der Waals surface area contributed by atoms with Crippen LogP contribution in [0.15, 0.2) is 24.3 Å². The molecule has 0 radical (unpaired) electrons. The second kappa shape index (κ2) is 7.09. The van der Waals surface area contributed by atoms with Crippen LogP contribution >= 0.6 is 11.6 Å². The van der Waals surface area contributed by atoms with Crippen LogP contribution in [0.3, 0.4) is 0 Å². The van der Waals surface area contributed by atoms with E-state index in [1.54, 1.807) is 0 Å². The van der Waals surface area contributed by atoms with Gasteiger partial charge in [0.1, 0.15) is 0 Å². The number of carbonyl (C=O) groups excluding carboxylic acids is 1. The lowest BCUT2D eigenvalue weighted by Crippen LogP contribution is -2.34. The molecule has 0 saturated carbocycles. The average Bonchev–Trinajstić information content (AvgIpc) is 2.25. The zero-order valence-corrected chi connectivity index (χ0v) is 13.5. The summed E-state index contributed by atoms with van der Waals surface area (Å²) in [4.78, 5) is 12.0. The Balaban J connectivity index is 2.85. The van der Waals surface area contributed by atoms with Gasteiger partial charge in [-0.1, -0.05) is 44.5 Å². The van der Waals surface area contributed by atoms with Crippen molar-refractivity contribution < 1.29 is 4.79 Å². The van der Waals surface area contributed by atoms with Gasteiger partial charge in [0, 0.05) is 17.5 Å². The number of nitrogens with one attached hydrogen (secondary N) is 1. The number of carbonyl (C=O) groups is 1. The van der Waals surface area contributed by atoms with Gasteiger partial charge in [0.25, 0.3) is 0 Å². The van der Waals surface area contributed by atoms with E-state index in [-0.39, 0.29) is 23.4 Å². The molecule has 2 unspecified atom stereocenters. The van der Waals surface area contributed by atoms with Gasteiger partial charge in [-0.25, -0.2) is 0 Å². The summed E-state index contributed by atoms with van der Waals surface area (Å²) < 4.78 is 0. The summed E-state index contributed by atoms with van der Waals surface area (Å²) >= 11 is 5.92. The normalized spacial score (nSPS) is 14.7.